The Morgan fingerprint density at radius 1 is 1.26 bits per heavy atom. The second-order valence-corrected chi connectivity index (χ2v) is 9.13. The third-order valence-corrected chi connectivity index (χ3v) is 6.28. The van der Waals surface area contributed by atoms with Crippen LogP contribution in [0.25, 0.3) is 0 Å². The molecule has 2 atom stereocenters. The molecule has 1 heterocycles. The van der Waals surface area contributed by atoms with Crippen LogP contribution in [0.5, 0.6) is 0 Å². The van der Waals surface area contributed by atoms with Crippen LogP contribution in [0.2, 0.25) is 0 Å². The van der Waals surface area contributed by atoms with Crippen molar-refractivity contribution in [3.63, 3.8) is 0 Å². The Morgan fingerprint density at radius 3 is 2.65 bits per heavy atom. The third kappa shape index (κ3) is 6.17. The van der Waals surface area contributed by atoms with E-state index in [-0.39, 0.29) is 11.3 Å². The molecule has 3 rings (SSSR count). The molecule has 0 bridgehead atoms. The maximum absolute atomic E-state index is 11.1. The molecular formula is C24H32N6O. The zero-order valence-electron chi connectivity index (χ0n) is 18.8. The summed E-state index contributed by atoms with van der Waals surface area (Å²) in [5.74, 6) is 1.73. The molecule has 1 amide bonds. The smallest absolute Gasteiger partial charge is 0.224 e. The summed E-state index contributed by atoms with van der Waals surface area (Å²) in [5.41, 5.74) is 2.67. The Morgan fingerprint density at radius 2 is 2.00 bits per heavy atom. The van der Waals surface area contributed by atoms with Crippen LogP contribution in [-0.2, 0) is 11.2 Å². The summed E-state index contributed by atoms with van der Waals surface area (Å²) in [7, 11) is 0. The van der Waals surface area contributed by atoms with Crippen LogP contribution in [0.4, 0.5) is 17.5 Å². The number of nitrogens with zero attached hydrogens (tertiary/aromatic N) is 3. The van der Waals surface area contributed by atoms with Gasteiger partial charge in [0.2, 0.25) is 11.9 Å². The Kier molecular flexibility index (Phi) is 7.11. The van der Waals surface area contributed by atoms with Gasteiger partial charge in [0, 0.05) is 25.2 Å². The van der Waals surface area contributed by atoms with E-state index in [0.29, 0.717) is 35.8 Å². The van der Waals surface area contributed by atoms with Gasteiger partial charge in [0.15, 0.2) is 0 Å². The fourth-order valence-electron chi connectivity index (χ4n) is 4.03. The Hall–Kier alpha value is -3.14. The number of rotatable bonds is 7. The lowest BCUT2D eigenvalue weighted by Crippen LogP contribution is -2.37. The molecule has 1 aliphatic rings. The highest BCUT2D eigenvalue weighted by Gasteiger charge is 2.34. The van der Waals surface area contributed by atoms with Crippen LogP contribution in [0, 0.1) is 22.7 Å². The standard InChI is InChI=1S/C24H32N6O/c1-16-5-8-21(13-24(16,3)4)29-22-19(14-25)15-27-23(30-22)26-12-11-18-6-9-20(10-7-18)28-17(2)31/h6-7,9-10,15-16,21H,5,8,11-13H2,1-4H3,(H,28,31)(H2,26,27,29,30)/t16-,21+/m0/s1. The van der Waals surface area contributed by atoms with E-state index in [1.807, 2.05) is 24.3 Å². The number of nitrogens with one attached hydrogen (secondary N) is 3. The average Bonchev–Trinajstić information content (AvgIpc) is 2.72. The van der Waals surface area contributed by atoms with Crippen molar-refractivity contribution in [3.05, 3.63) is 41.6 Å². The van der Waals surface area contributed by atoms with Gasteiger partial charge < -0.3 is 16.0 Å². The zero-order chi connectivity index (χ0) is 22.4. The van der Waals surface area contributed by atoms with Gasteiger partial charge >= 0.3 is 0 Å². The first kappa shape index (κ1) is 22.5. The molecule has 0 spiro atoms. The maximum atomic E-state index is 11.1. The number of carbonyl (C=O) groups excluding carboxylic acids is 1. The van der Waals surface area contributed by atoms with Gasteiger partial charge in [-0.1, -0.05) is 32.9 Å². The highest BCUT2D eigenvalue weighted by atomic mass is 16.1. The largest absolute Gasteiger partial charge is 0.366 e. The first-order valence-electron chi connectivity index (χ1n) is 10.9. The summed E-state index contributed by atoms with van der Waals surface area (Å²) in [6.45, 7) is 9.10. The fourth-order valence-corrected chi connectivity index (χ4v) is 4.03. The lowest BCUT2D eigenvalue weighted by atomic mass is 9.68. The van der Waals surface area contributed by atoms with Crippen molar-refractivity contribution in [2.24, 2.45) is 11.3 Å². The third-order valence-electron chi connectivity index (χ3n) is 6.28. The minimum atomic E-state index is -0.0805. The van der Waals surface area contributed by atoms with Crippen molar-refractivity contribution < 1.29 is 4.79 Å². The Labute approximate surface area is 184 Å². The molecular weight excluding hydrogens is 388 g/mol. The number of benzene rings is 1. The number of aromatic nitrogens is 2. The second kappa shape index (κ2) is 9.78. The van der Waals surface area contributed by atoms with Gasteiger partial charge in [0.05, 0.1) is 6.20 Å². The van der Waals surface area contributed by atoms with Crippen LogP contribution >= 0.6 is 0 Å². The van der Waals surface area contributed by atoms with Crippen molar-refractivity contribution in [2.75, 3.05) is 22.5 Å². The van der Waals surface area contributed by atoms with Crippen molar-refractivity contribution in [1.29, 1.82) is 5.26 Å². The lowest BCUT2D eigenvalue weighted by molar-refractivity contribution is -0.114. The molecule has 1 aliphatic carbocycles. The van der Waals surface area contributed by atoms with Crippen LogP contribution < -0.4 is 16.0 Å². The summed E-state index contributed by atoms with van der Waals surface area (Å²) in [4.78, 5) is 20.0. The van der Waals surface area contributed by atoms with Gasteiger partial charge in [-0.05, 0) is 54.7 Å². The van der Waals surface area contributed by atoms with E-state index >= 15 is 0 Å². The van der Waals surface area contributed by atoms with E-state index in [1.54, 1.807) is 6.20 Å². The van der Waals surface area contributed by atoms with Gasteiger partial charge in [-0.15, -0.1) is 0 Å². The van der Waals surface area contributed by atoms with E-state index in [1.165, 1.54) is 13.3 Å². The molecule has 0 saturated heterocycles. The van der Waals surface area contributed by atoms with Crippen LogP contribution in [0.1, 0.15) is 58.1 Å². The molecule has 7 nitrogen and oxygen atoms in total. The zero-order valence-corrected chi connectivity index (χ0v) is 18.8. The van der Waals surface area contributed by atoms with E-state index in [2.05, 4.69) is 52.8 Å². The summed E-state index contributed by atoms with van der Waals surface area (Å²) in [6.07, 6.45) is 5.68. The van der Waals surface area contributed by atoms with E-state index < -0.39 is 0 Å². The van der Waals surface area contributed by atoms with E-state index in [4.69, 9.17) is 0 Å². The number of hydrogen-bond acceptors (Lipinski definition) is 6. The van der Waals surface area contributed by atoms with Crippen molar-refractivity contribution in [3.8, 4) is 6.07 Å². The molecule has 2 aromatic rings. The van der Waals surface area contributed by atoms with Crippen molar-refractivity contribution in [2.45, 2.75) is 59.4 Å². The van der Waals surface area contributed by atoms with Crippen LogP contribution in [0.3, 0.4) is 0 Å². The molecule has 1 saturated carbocycles. The number of amides is 1. The molecule has 31 heavy (non-hydrogen) atoms. The van der Waals surface area contributed by atoms with Crippen LogP contribution in [0.15, 0.2) is 30.5 Å². The Bertz CT molecular complexity index is 948. The monoisotopic (exact) mass is 420 g/mol. The summed E-state index contributed by atoms with van der Waals surface area (Å²) in [5, 5.41) is 19.0. The molecule has 7 heteroatoms. The van der Waals surface area contributed by atoms with Gasteiger partial charge in [-0.2, -0.15) is 10.2 Å². The van der Waals surface area contributed by atoms with Gasteiger partial charge in [0.25, 0.3) is 0 Å². The van der Waals surface area contributed by atoms with E-state index in [9.17, 15) is 10.1 Å². The number of anilines is 3. The second-order valence-electron chi connectivity index (χ2n) is 9.13. The molecule has 164 valence electrons. The SMILES string of the molecule is CC(=O)Nc1ccc(CCNc2ncc(C#N)c(N[C@@H]3CC[C@H](C)C(C)(C)C3)n2)cc1. The molecule has 0 radical (unpaired) electrons. The number of hydrogen-bond donors (Lipinski definition) is 3. The molecule has 0 unspecified atom stereocenters. The highest BCUT2D eigenvalue weighted by molar-refractivity contribution is 5.88. The first-order chi connectivity index (χ1) is 14.8. The van der Waals surface area contributed by atoms with Gasteiger partial charge in [-0.25, -0.2) is 4.98 Å². The van der Waals surface area contributed by atoms with Crippen molar-refractivity contribution in [1.82, 2.24) is 9.97 Å². The summed E-state index contributed by atoms with van der Waals surface area (Å²) >= 11 is 0. The molecule has 0 aliphatic heterocycles. The summed E-state index contributed by atoms with van der Waals surface area (Å²) in [6, 6.07) is 10.3. The average molecular weight is 421 g/mol. The van der Waals surface area contributed by atoms with Gasteiger partial charge in [0.1, 0.15) is 17.5 Å². The number of nitriles is 1. The topological polar surface area (TPSA) is 103 Å². The Balaban J connectivity index is 1.59. The lowest BCUT2D eigenvalue weighted by Gasteiger charge is -2.41. The predicted octanol–water partition coefficient (Wildman–Crippen LogP) is 4.59. The fraction of sp³-hybridized carbons (Fsp3) is 0.500. The highest BCUT2D eigenvalue weighted by Crippen LogP contribution is 2.41. The maximum Gasteiger partial charge on any atom is 0.224 e. The minimum absolute atomic E-state index is 0.0805. The molecule has 1 aromatic heterocycles. The van der Waals surface area contributed by atoms with E-state index in [0.717, 1.165) is 30.5 Å². The van der Waals surface area contributed by atoms with Gasteiger partial charge in [-0.3, -0.25) is 4.79 Å². The number of carbonyl (C=O) groups is 1. The first-order valence-corrected chi connectivity index (χ1v) is 10.9. The quantitative estimate of drug-likeness (QED) is 0.605. The minimum Gasteiger partial charge on any atom is -0.366 e. The normalized spacial score (nSPS) is 19.8. The molecule has 1 fully saturated rings. The van der Waals surface area contributed by atoms with Crippen molar-refractivity contribution >= 4 is 23.4 Å². The summed E-state index contributed by atoms with van der Waals surface area (Å²) < 4.78 is 0. The molecule has 3 N–H and O–H groups in total. The van der Waals surface area contributed by atoms with Crippen LogP contribution in [-0.4, -0.2) is 28.5 Å². The predicted molar refractivity (Wildman–Crippen MR) is 124 cm³/mol. The molecule has 1 aromatic carbocycles.